The van der Waals surface area contributed by atoms with Crippen LogP contribution in [-0.2, 0) is 37.2 Å². The first-order valence-electron chi connectivity index (χ1n) is 28.8. The number of aromatic nitrogens is 1. The number of benzene rings is 9. The first-order chi connectivity index (χ1) is 39.7. The molecule has 0 unspecified atom stereocenters. The summed E-state index contributed by atoms with van der Waals surface area (Å²) in [7, 11) is -6.16. The first-order valence-corrected chi connectivity index (χ1v) is 31.0. The van der Waals surface area contributed by atoms with Crippen LogP contribution in [0.25, 0.3) is 38.6 Å². The largest absolute Gasteiger partial charge is 0.534 e. The van der Waals surface area contributed by atoms with Crippen LogP contribution in [0.15, 0.2) is 205 Å². The Bertz CT molecular complexity index is 4230. The van der Waals surface area contributed by atoms with Crippen LogP contribution in [-0.4, -0.2) is 18.5 Å². The minimum absolute atomic E-state index is 0.0716. The summed E-state index contributed by atoms with van der Waals surface area (Å²) >= 11 is 4.28. The summed E-state index contributed by atoms with van der Waals surface area (Å²) in [6.45, 7) is 30.5. The van der Waals surface area contributed by atoms with Crippen LogP contribution in [0, 0.1) is 0 Å². The molecule has 0 saturated carbocycles. The molecule has 0 N–H and O–H groups in total. The molecule has 438 valence electrons. The van der Waals surface area contributed by atoms with Gasteiger partial charge in [-0.25, -0.2) is 0 Å². The van der Waals surface area contributed by atoms with E-state index in [0.29, 0.717) is 16.9 Å². The number of alkyl halides is 3. The van der Waals surface area contributed by atoms with Crippen molar-refractivity contribution >= 4 is 82.0 Å². The molecule has 0 spiro atoms. The lowest BCUT2D eigenvalue weighted by atomic mass is 9.75. The zero-order valence-electron chi connectivity index (χ0n) is 51.0. The molecular weight excluding hydrogens is 1150 g/mol. The second-order valence-corrected chi connectivity index (χ2v) is 29.2. The maximum absolute atomic E-state index is 14.6. The molecule has 0 bridgehead atoms. The maximum atomic E-state index is 14.6. The maximum Gasteiger partial charge on any atom is 0.534 e. The number of fused-ring (bicyclic) bond motifs is 3. The number of hydrogen-bond donors (Lipinski definition) is 0. The standard InChI is InChI=1S/C74H75BrF3N3O3S/c1-69(2,3)49-30-35-56(36-31-49)79(57-37-38-58-60-43-51(71(7,8)9)33-40-63(60)80(64(58)47-57)54-26-20-16-21-27-54)66-46-53(72(10,11)12)44-61(68(66)75)73(13,14)52-34-41-67(84-85(82,83)74(76,77)78)65(45-52)81(55-28-22-17-23-29-55)62-39-32-50(70(4,5)6)42-59(62)48-24-18-15-19-25-48/h15-47H,1-14H3. The third-order valence-corrected chi connectivity index (χ3v) is 18.1. The van der Waals surface area contributed by atoms with Gasteiger partial charge in [0.15, 0.2) is 5.75 Å². The van der Waals surface area contributed by atoms with Crippen molar-refractivity contribution in [1.29, 1.82) is 0 Å². The minimum Gasteiger partial charge on any atom is -0.374 e. The average Bonchev–Trinajstić information content (AvgIpc) is 2.02. The molecule has 11 heteroatoms. The highest BCUT2D eigenvalue weighted by Gasteiger charge is 2.49. The Morgan fingerprint density at radius 2 is 0.929 bits per heavy atom. The Hall–Kier alpha value is -7.60. The van der Waals surface area contributed by atoms with E-state index < -0.39 is 26.8 Å². The van der Waals surface area contributed by atoms with Crippen LogP contribution in [0.2, 0.25) is 0 Å². The lowest BCUT2D eigenvalue weighted by Gasteiger charge is -2.36. The quantitative estimate of drug-likeness (QED) is 0.0901. The molecule has 6 nitrogen and oxygen atoms in total. The number of rotatable bonds is 12. The summed E-state index contributed by atoms with van der Waals surface area (Å²) in [5.41, 5.74) is 7.34. The molecular formula is C74H75BrF3N3O3S. The highest BCUT2D eigenvalue weighted by molar-refractivity contribution is 9.10. The topological polar surface area (TPSA) is 54.8 Å². The molecule has 0 atom stereocenters. The van der Waals surface area contributed by atoms with E-state index in [1.807, 2.05) is 78.9 Å². The lowest BCUT2D eigenvalue weighted by Crippen LogP contribution is -2.29. The van der Waals surface area contributed by atoms with Gasteiger partial charge in [-0.3, -0.25) is 0 Å². The molecule has 10 rings (SSSR count). The van der Waals surface area contributed by atoms with Gasteiger partial charge in [-0.2, -0.15) is 21.6 Å². The van der Waals surface area contributed by atoms with Crippen LogP contribution in [0.3, 0.4) is 0 Å². The number of anilines is 6. The zero-order chi connectivity index (χ0) is 61.4. The Morgan fingerprint density at radius 1 is 0.424 bits per heavy atom. The predicted octanol–water partition coefficient (Wildman–Crippen LogP) is 21.9. The highest BCUT2D eigenvalue weighted by atomic mass is 79.9. The summed E-state index contributed by atoms with van der Waals surface area (Å²) < 4.78 is 78.7. The van der Waals surface area contributed by atoms with Crippen LogP contribution in [0.5, 0.6) is 5.75 Å². The van der Waals surface area contributed by atoms with Crippen molar-refractivity contribution in [2.24, 2.45) is 0 Å². The van der Waals surface area contributed by atoms with E-state index in [-0.39, 0.29) is 27.3 Å². The molecule has 1 aromatic heterocycles. The van der Waals surface area contributed by atoms with E-state index in [1.54, 1.807) is 17.0 Å². The van der Waals surface area contributed by atoms with Gasteiger partial charge in [0, 0.05) is 49.0 Å². The second-order valence-electron chi connectivity index (χ2n) is 26.9. The van der Waals surface area contributed by atoms with E-state index in [2.05, 4.69) is 225 Å². The Kier molecular flexibility index (Phi) is 15.7. The van der Waals surface area contributed by atoms with Gasteiger partial charge in [-0.05, 0) is 168 Å². The minimum atomic E-state index is -6.16. The van der Waals surface area contributed by atoms with Gasteiger partial charge in [0.05, 0.1) is 28.1 Å². The van der Waals surface area contributed by atoms with E-state index in [4.69, 9.17) is 4.18 Å². The van der Waals surface area contributed by atoms with Gasteiger partial charge in [0.2, 0.25) is 0 Å². The predicted molar refractivity (Wildman–Crippen MR) is 352 cm³/mol. The summed E-state index contributed by atoms with van der Waals surface area (Å²) in [4.78, 5) is 4.12. The molecule has 9 aromatic carbocycles. The van der Waals surface area contributed by atoms with Crippen molar-refractivity contribution in [1.82, 2.24) is 4.57 Å². The fourth-order valence-corrected chi connectivity index (χ4v) is 12.5. The van der Waals surface area contributed by atoms with Crippen molar-refractivity contribution in [3.63, 3.8) is 0 Å². The second kappa shape index (κ2) is 22.0. The van der Waals surface area contributed by atoms with Gasteiger partial charge >= 0.3 is 15.6 Å². The molecule has 85 heavy (non-hydrogen) atoms. The molecule has 10 aromatic rings. The number of halogens is 4. The molecule has 0 aliphatic rings. The van der Waals surface area contributed by atoms with E-state index >= 15 is 0 Å². The average molecular weight is 1220 g/mol. The fraction of sp³-hybridized carbons (Fsp3) is 0.270. The number of nitrogens with zero attached hydrogens (tertiary/aromatic N) is 3. The van der Waals surface area contributed by atoms with Crippen LogP contribution in [0.1, 0.15) is 130 Å². The van der Waals surface area contributed by atoms with Crippen LogP contribution >= 0.6 is 15.9 Å². The zero-order valence-corrected chi connectivity index (χ0v) is 53.4. The SMILES string of the molecule is CC(C)(C)c1ccc(N(c2ccc3c4cc(C(C)(C)C)ccc4n(-c4ccccc4)c3c2)c2cc(C(C)(C)C)cc(C(C)(C)c3ccc(OS(=O)(=O)C(F)(F)F)c(N(c4ccccc4)c4ccc(C(C)(C)C)cc4-c4ccccc4)c3)c2Br)cc1. The lowest BCUT2D eigenvalue weighted by molar-refractivity contribution is -0.0499. The van der Waals surface area contributed by atoms with Crippen molar-refractivity contribution < 1.29 is 25.8 Å². The molecule has 0 saturated heterocycles. The number of hydrogen-bond acceptors (Lipinski definition) is 5. The normalized spacial score (nSPS) is 12.9. The Balaban J connectivity index is 1.24. The van der Waals surface area contributed by atoms with Crippen molar-refractivity contribution in [3.8, 4) is 22.6 Å². The third-order valence-electron chi connectivity index (χ3n) is 16.3. The molecule has 0 amide bonds. The molecule has 0 fully saturated rings. The van der Waals surface area contributed by atoms with E-state index in [9.17, 15) is 21.6 Å². The third kappa shape index (κ3) is 11.9. The van der Waals surface area contributed by atoms with Crippen LogP contribution < -0.4 is 14.0 Å². The fourth-order valence-electron chi connectivity index (χ4n) is 11.2. The van der Waals surface area contributed by atoms with Gasteiger partial charge in [-0.1, -0.05) is 206 Å². The highest BCUT2D eigenvalue weighted by Crippen LogP contribution is 2.52. The van der Waals surface area contributed by atoms with Crippen molar-refractivity contribution in [2.75, 3.05) is 9.80 Å². The van der Waals surface area contributed by atoms with E-state index in [0.717, 1.165) is 76.8 Å². The van der Waals surface area contributed by atoms with Gasteiger partial charge < -0.3 is 18.6 Å². The molecule has 0 aliphatic carbocycles. The molecule has 1 heterocycles. The summed E-state index contributed by atoms with van der Waals surface area (Å²) in [6, 6.07) is 67.2. The number of para-hydroxylation sites is 2. The van der Waals surface area contributed by atoms with E-state index in [1.165, 1.54) is 17.2 Å². The van der Waals surface area contributed by atoms with Gasteiger partial charge in [0.1, 0.15) is 0 Å². The summed E-state index contributed by atoms with van der Waals surface area (Å²) in [6.07, 6.45) is 0. The van der Waals surface area contributed by atoms with Gasteiger partial charge in [-0.15, -0.1) is 0 Å². The van der Waals surface area contributed by atoms with Crippen molar-refractivity contribution in [3.05, 3.63) is 238 Å². The monoisotopic (exact) mass is 1220 g/mol. The molecule has 0 aliphatic heterocycles. The first kappa shape index (κ1) is 60.5. The van der Waals surface area contributed by atoms with Crippen molar-refractivity contribution in [2.45, 2.75) is 130 Å². The smallest absolute Gasteiger partial charge is 0.374 e. The van der Waals surface area contributed by atoms with Crippen LogP contribution in [0.4, 0.5) is 47.3 Å². The summed E-state index contributed by atoms with van der Waals surface area (Å²) in [5, 5.41) is 2.28. The molecule has 0 radical (unpaired) electrons. The summed E-state index contributed by atoms with van der Waals surface area (Å²) in [5.74, 6) is -0.495. The Morgan fingerprint density at radius 3 is 1.52 bits per heavy atom. The van der Waals surface area contributed by atoms with Gasteiger partial charge in [0.25, 0.3) is 0 Å². The Labute approximate surface area is 509 Å².